The molecule has 1 aliphatic rings. The third-order valence-corrected chi connectivity index (χ3v) is 3.70. The van der Waals surface area contributed by atoms with Crippen molar-refractivity contribution in [3.05, 3.63) is 65.0 Å². The summed E-state index contributed by atoms with van der Waals surface area (Å²) in [4.78, 5) is 13.2. The van der Waals surface area contributed by atoms with Gasteiger partial charge in [0.15, 0.2) is 0 Å². The van der Waals surface area contributed by atoms with Crippen molar-refractivity contribution in [1.29, 1.82) is 0 Å². The Morgan fingerprint density at radius 1 is 1.25 bits per heavy atom. The van der Waals surface area contributed by atoms with Gasteiger partial charge < -0.3 is 10.0 Å². The van der Waals surface area contributed by atoms with Gasteiger partial charge in [0.1, 0.15) is 11.9 Å². The summed E-state index contributed by atoms with van der Waals surface area (Å²) >= 11 is 0. The van der Waals surface area contributed by atoms with Crippen molar-refractivity contribution >= 4 is 11.6 Å². The molecule has 0 aromatic heterocycles. The van der Waals surface area contributed by atoms with E-state index >= 15 is 0 Å². The van der Waals surface area contributed by atoms with E-state index in [1.807, 2.05) is 0 Å². The lowest BCUT2D eigenvalue weighted by Crippen LogP contribution is -2.20. The molecule has 3 nitrogen and oxygen atoms in total. The molecule has 2 aromatic carbocycles. The van der Waals surface area contributed by atoms with E-state index in [4.69, 9.17) is 0 Å². The fourth-order valence-corrected chi connectivity index (χ4v) is 2.54. The second kappa shape index (κ2) is 4.72. The van der Waals surface area contributed by atoms with Crippen LogP contribution in [0, 0.1) is 5.82 Å². The van der Waals surface area contributed by atoms with Gasteiger partial charge in [0.05, 0.1) is 6.42 Å². The first-order chi connectivity index (χ1) is 9.58. The van der Waals surface area contributed by atoms with E-state index < -0.39 is 11.9 Å². The molecule has 0 aliphatic carbocycles. The number of carbonyl (C=O) groups excluding carboxylic acids is 1. The number of fused-ring (bicyclic) bond motifs is 1. The molecular formula is C16H14FNO2. The minimum Gasteiger partial charge on any atom is -0.384 e. The van der Waals surface area contributed by atoms with E-state index in [2.05, 4.69) is 0 Å². The standard InChI is InChI=1S/C16H14FNO2/c1-18-14-7-6-10(8-11(14)9-15(18)19)16(20)12-4-2-3-5-13(12)17/h2-8,16,20H,9H2,1H3. The Morgan fingerprint density at radius 3 is 2.75 bits per heavy atom. The van der Waals surface area contributed by atoms with Crippen LogP contribution in [0.15, 0.2) is 42.5 Å². The van der Waals surface area contributed by atoms with Crippen LogP contribution >= 0.6 is 0 Å². The fraction of sp³-hybridized carbons (Fsp3) is 0.188. The maximum atomic E-state index is 13.7. The molecule has 0 spiro atoms. The predicted molar refractivity (Wildman–Crippen MR) is 74.0 cm³/mol. The van der Waals surface area contributed by atoms with E-state index in [0.29, 0.717) is 12.0 Å². The van der Waals surface area contributed by atoms with Gasteiger partial charge >= 0.3 is 0 Å². The average molecular weight is 271 g/mol. The molecule has 0 radical (unpaired) electrons. The molecule has 1 aliphatic heterocycles. The Labute approximate surface area is 116 Å². The van der Waals surface area contributed by atoms with Crippen molar-refractivity contribution < 1.29 is 14.3 Å². The number of aliphatic hydroxyl groups excluding tert-OH is 1. The number of rotatable bonds is 2. The van der Waals surface area contributed by atoms with E-state index in [1.165, 1.54) is 6.07 Å². The monoisotopic (exact) mass is 271 g/mol. The molecule has 0 saturated heterocycles. The SMILES string of the molecule is CN1C(=O)Cc2cc(C(O)c3ccccc3F)ccc21. The van der Waals surface area contributed by atoms with E-state index in [0.717, 1.165) is 11.3 Å². The quantitative estimate of drug-likeness (QED) is 0.911. The van der Waals surface area contributed by atoms with Crippen LogP contribution in [0.5, 0.6) is 0 Å². The molecule has 0 fully saturated rings. The van der Waals surface area contributed by atoms with Gasteiger partial charge in [-0.25, -0.2) is 4.39 Å². The molecule has 2 aromatic rings. The average Bonchev–Trinajstić information content (AvgIpc) is 2.73. The molecule has 1 amide bonds. The number of nitrogens with zero attached hydrogens (tertiary/aromatic N) is 1. The van der Waals surface area contributed by atoms with Crippen molar-refractivity contribution in [2.24, 2.45) is 0 Å². The Morgan fingerprint density at radius 2 is 2.00 bits per heavy atom. The zero-order valence-electron chi connectivity index (χ0n) is 11.0. The number of hydrogen-bond donors (Lipinski definition) is 1. The summed E-state index contributed by atoms with van der Waals surface area (Å²) in [5.41, 5.74) is 2.55. The van der Waals surface area contributed by atoms with Gasteiger partial charge in [-0.15, -0.1) is 0 Å². The fourth-order valence-electron chi connectivity index (χ4n) is 2.54. The van der Waals surface area contributed by atoms with Gasteiger partial charge in [0, 0.05) is 18.3 Å². The third kappa shape index (κ3) is 1.98. The van der Waals surface area contributed by atoms with Crippen LogP contribution in [0.4, 0.5) is 10.1 Å². The normalized spacial score (nSPS) is 15.3. The van der Waals surface area contributed by atoms with Gasteiger partial charge in [-0.1, -0.05) is 30.3 Å². The van der Waals surface area contributed by atoms with Gasteiger partial charge in [0.2, 0.25) is 5.91 Å². The maximum Gasteiger partial charge on any atom is 0.231 e. The summed E-state index contributed by atoms with van der Waals surface area (Å²) < 4.78 is 13.7. The highest BCUT2D eigenvalue weighted by Gasteiger charge is 2.25. The lowest BCUT2D eigenvalue weighted by Gasteiger charge is -2.15. The number of halogens is 1. The predicted octanol–water partition coefficient (Wildman–Crippen LogP) is 2.43. The first-order valence-electron chi connectivity index (χ1n) is 6.40. The second-order valence-electron chi connectivity index (χ2n) is 4.94. The smallest absolute Gasteiger partial charge is 0.231 e. The second-order valence-corrected chi connectivity index (χ2v) is 4.94. The molecule has 4 heteroatoms. The molecule has 20 heavy (non-hydrogen) atoms. The van der Waals surface area contributed by atoms with Crippen molar-refractivity contribution in [3.63, 3.8) is 0 Å². The molecule has 1 unspecified atom stereocenters. The van der Waals surface area contributed by atoms with Gasteiger partial charge in [0.25, 0.3) is 0 Å². The van der Waals surface area contributed by atoms with Crippen LogP contribution in [-0.4, -0.2) is 18.1 Å². The molecule has 3 rings (SSSR count). The number of benzene rings is 2. The first-order valence-corrected chi connectivity index (χ1v) is 6.40. The van der Waals surface area contributed by atoms with Crippen LogP contribution < -0.4 is 4.90 Å². The Balaban J connectivity index is 1.99. The van der Waals surface area contributed by atoms with Crippen molar-refractivity contribution in [1.82, 2.24) is 0 Å². The Bertz CT molecular complexity index is 684. The van der Waals surface area contributed by atoms with Crippen LogP contribution in [0.2, 0.25) is 0 Å². The number of carbonyl (C=O) groups is 1. The van der Waals surface area contributed by atoms with Gasteiger partial charge in [-0.05, 0) is 23.3 Å². The molecular weight excluding hydrogens is 257 g/mol. The summed E-state index contributed by atoms with van der Waals surface area (Å²) in [6.45, 7) is 0. The lowest BCUT2D eigenvalue weighted by molar-refractivity contribution is -0.117. The Hall–Kier alpha value is -2.20. The zero-order valence-corrected chi connectivity index (χ0v) is 11.0. The summed E-state index contributed by atoms with van der Waals surface area (Å²) in [5, 5.41) is 10.3. The van der Waals surface area contributed by atoms with Crippen molar-refractivity contribution in [2.45, 2.75) is 12.5 Å². The highest BCUT2D eigenvalue weighted by atomic mass is 19.1. The molecule has 0 saturated carbocycles. The van der Waals surface area contributed by atoms with E-state index in [1.54, 1.807) is 48.3 Å². The summed E-state index contributed by atoms with van der Waals surface area (Å²) in [5.74, 6) is -0.411. The molecule has 1 atom stereocenters. The van der Waals surface area contributed by atoms with Gasteiger partial charge in [-0.2, -0.15) is 0 Å². The summed E-state index contributed by atoms with van der Waals surface area (Å²) in [7, 11) is 1.72. The molecule has 1 heterocycles. The van der Waals surface area contributed by atoms with Crippen molar-refractivity contribution in [2.75, 3.05) is 11.9 Å². The van der Waals surface area contributed by atoms with Crippen LogP contribution in [0.1, 0.15) is 22.8 Å². The minimum atomic E-state index is -1.03. The number of likely N-dealkylation sites (N-methyl/N-ethyl adjacent to an activating group) is 1. The number of amides is 1. The number of hydrogen-bond acceptors (Lipinski definition) is 2. The van der Waals surface area contributed by atoms with Crippen LogP contribution in [-0.2, 0) is 11.2 Å². The molecule has 102 valence electrons. The largest absolute Gasteiger partial charge is 0.384 e. The van der Waals surface area contributed by atoms with Crippen LogP contribution in [0.3, 0.4) is 0 Å². The van der Waals surface area contributed by atoms with Crippen LogP contribution in [0.25, 0.3) is 0 Å². The topological polar surface area (TPSA) is 40.5 Å². The Kier molecular flexibility index (Phi) is 3.03. The van der Waals surface area contributed by atoms with Gasteiger partial charge in [-0.3, -0.25) is 4.79 Å². The summed E-state index contributed by atoms with van der Waals surface area (Å²) in [6.07, 6.45) is -0.702. The number of aliphatic hydroxyl groups is 1. The lowest BCUT2D eigenvalue weighted by atomic mass is 9.98. The number of anilines is 1. The summed E-state index contributed by atoms with van der Waals surface area (Å²) in [6, 6.07) is 11.4. The first kappa shape index (κ1) is 12.8. The highest BCUT2D eigenvalue weighted by molar-refractivity contribution is 6.00. The maximum absolute atomic E-state index is 13.7. The van der Waals surface area contributed by atoms with Crippen molar-refractivity contribution in [3.8, 4) is 0 Å². The highest BCUT2D eigenvalue weighted by Crippen LogP contribution is 2.32. The molecule has 1 N–H and O–H groups in total. The van der Waals surface area contributed by atoms with E-state index in [-0.39, 0.29) is 11.5 Å². The van der Waals surface area contributed by atoms with E-state index in [9.17, 15) is 14.3 Å². The molecule has 0 bridgehead atoms. The minimum absolute atomic E-state index is 0.0255. The zero-order chi connectivity index (χ0) is 14.3. The third-order valence-electron chi connectivity index (χ3n) is 3.70.